The lowest BCUT2D eigenvalue weighted by Gasteiger charge is -2.24. The van der Waals surface area contributed by atoms with E-state index in [4.69, 9.17) is 5.26 Å². The Morgan fingerprint density at radius 1 is 1.60 bits per heavy atom. The Kier molecular flexibility index (Phi) is 1.96. The summed E-state index contributed by atoms with van der Waals surface area (Å²) >= 11 is 0. The van der Waals surface area contributed by atoms with Crippen molar-refractivity contribution in [3.05, 3.63) is 11.3 Å². The van der Waals surface area contributed by atoms with Gasteiger partial charge in [0.2, 0.25) is 0 Å². The first kappa shape index (κ1) is 7.14. The van der Waals surface area contributed by atoms with Crippen LogP contribution < -0.4 is 0 Å². The molecule has 1 aliphatic heterocycles. The number of nitriles is 1. The lowest BCUT2D eigenvalue weighted by Crippen LogP contribution is -2.23. The smallest absolute Gasteiger partial charge is 0.117 e. The van der Waals surface area contributed by atoms with Crippen LogP contribution >= 0.6 is 0 Å². The lowest BCUT2D eigenvalue weighted by molar-refractivity contribution is 0.393. The van der Waals surface area contributed by atoms with Crippen LogP contribution in [0.1, 0.15) is 19.8 Å². The van der Waals surface area contributed by atoms with Gasteiger partial charge in [0.25, 0.3) is 0 Å². The second-order valence-corrected chi connectivity index (χ2v) is 2.77. The van der Waals surface area contributed by atoms with Crippen LogP contribution in [0.15, 0.2) is 11.3 Å². The topological polar surface area (TPSA) is 27.0 Å². The molecule has 0 bridgehead atoms. The Labute approximate surface area is 61.8 Å². The molecule has 2 nitrogen and oxygen atoms in total. The maximum absolute atomic E-state index is 8.68. The molecule has 54 valence electrons. The minimum Gasteiger partial charge on any atom is -0.366 e. The third kappa shape index (κ3) is 1.13. The molecule has 0 saturated heterocycles. The molecule has 0 aromatic heterocycles. The summed E-state index contributed by atoms with van der Waals surface area (Å²) in [6.45, 7) is 3.06. The van der Waals surface area contributed by atoms with Gasteiger partial charge in [0.1, 0.15) is 11.8 Å². The predicted molar refractivity (Wildman–Crippen MR) is 40.2 cm³/mol. The molecule has 0 amide bonds. The number of hydrogen-bond donors (Lipinski definition) is 0. The van der Waals surface area contributed by atoms with Gasteiger partial charge in [0, 0.05) is 13.6 Å². The van der Waals surface area contributed by atoms with E-state index in [1.54, 1.807) is 0 Å². The molecule has 0 N–H and O–H groups in total. The van der Waals surface area contributed by atoms with Gasteiger partial charge in [-0.3, -0.25) is 0 Å². The van der Waals surface area contributed by atoms with E-state index in [-0.39, 0.29) is 0 Å². The molecule has 0 saturated carbocycles. The van der Waals surface area contributed by atoms with Crippen LogP contribution in [0.2, 0.25) is 0 Å². The summed E-state index contributed by atoms with van der Waals surface area (Å²) < 4.78 is 0. The summed E-state index contributed by atoms with van der Waals surface area (Å²) in [6, 6.07) is 2.21. The van der Waals surface area contributed by atoms with Crippen LogP contribution in [-0.2, 0) is 0 Å². The summed E-state index contributed by atoms with van der Waals surface area (Å²) in [4.78, 5) is 2.03. The van der Waals surface area contributed by atoms with Gasteiger partial charge in [-0.2, -0.15) is 5.26 Å². The molecule has 1 aliphatic rings. The first-order chi connectivity index (χ1) is 4.75. The lowest BCUT2D eigenvalue weighted by atomic mass is 10.1. The van der Waals surface area contributed by atoms with Crippen molar-refractivity contribution in [3.8, 4) is 6.07 Å². The highest BCUT2D eigenvalue weighted by Gasteiger charge is 2.12. The van der Waals surface area contributed by atoms with Gasteiger partial charge in [-0.05, 0) is 25.3 Å². The van der Waals surface area contributed by atoms with Gasteiger partial charge in [-0.15, -0.1) is 0 Å². The van der Waals surface area contributed by atoms with Crippen LogP contribution in [0.4, 0.5) is 0 Å². The average molecular weight is 136 g/mol. The maximum Gasteiger partial charge on any atom is 0.117 e. The van der Waals surface area contributed by atoms with Crippen molar-refractivity contribution >= 4 is 0 Å². The van der Waals surface area contributed by atoms with Crippen LogP contribution in [0.5, 0.6) is 0 Å². The normalized spacial score (nSPS) is 19.1. The van der Waals surface area contributed by atoms with Gasteiger partial charge in [0.15, 0.2) is 0 Å². The number of nitrogens with zero attached hydrogens (tertiary/aromatic N) is 2. The highest BCUT2D eigenvalue weighted by Crippen LogP contribution is 2.18. The molecule has 1 rings (SSSR count). The van der Waals surface area contributed by atoms with Crippen LogP contribution in [0, 0.1) is 11.3 Å². The zero-order chi connectivity index (χ0) is 7.56. The molecule has 0 spiro atoms. The van der Waals surface area contributed by atoms with Gasteiger partial charge in [-0.1, -0.05) is 0 Å². The molecule has 0 unspecified atom stereocenters. The maximum atomic E-state index is 8.68. The molecule has 0 fully saturated rings. The third-order valence-electron chi connectivity index (χ3n) is 1.94. The first-order valence-corrected chi connectivity index (χ1v) is 3.56. The van der Waals surface area contributed by atoms with E-state index in [0.717, 1.165) is 18.7 Å². The summed E-state index contributed by atoms with van der Waals surface area (Å²) in [5.41, 5.74) is 2.10. The Morgan fingerprint density at radius 3 is 2.70 bits per heavy atom. The summed E-state index contributed by atoms with van der Waals surface area (Å²) in [5, 5.41) is 8.68. The summed E-state index contributed by atoms with van der Waals surface area (Å²) in [7, 11) is 1.97. The molecular weight excluding hydrogens is 124 g/mol. The van der Waals surface area contributed by atoms with Crippen LogP contribution in [0.3, 0.4) is 0 Å². The first-order valence-electron chi connectivity index (χ1n) is 3.56. The van der Waals surface area contributed by atoms with Gasteiger partial charge in [0.05, 0.1) is 0 Å². The third-order valence-corrected chi connectivity index (χ3v) is 1.94. The number of allylic oxidation sites excluding steroid dienone is 2. The molecule has 1 heterocycles. The highest BCUT2D eigenvalue weighted by molar-refractivity contribution is 5.26. The van der Waals surface area contributed by atoms with E-state index in [2.05, 4.69) is 6.07 Å². The zero-order valence-corrected chi connectivity index (χ0v) is 6.52. The van der Waals surface area contributed by atoms with E-state index in [9.17, 15) is 0 Å². The zero-order valence-electron chi connectivity index (χ0n) is 6.52. The molecule has 0 radical (unpaired) electrons. The Hall–Kier alpha value is -0.970. The molecule has 0 aromatic rings. The fraction of sp³-hybridized carbons (Fsp3) is 0.625. The highest BCUT2D eigenvalue weighted by atomic mass is 15.1. The van der Waals surface area contributed by atoms with Crippen molar-refractivity contribution in [1.82, 2.24) is 4.90 Å². The van der Waals surface area contributed by atoms with Gasteiger partial charge >= 0.3 is 0 Å². The van der Waals surface area contributed by atoms with Crippen molar-refractivity contribution in [2.45, 2.75) is 19.8 Å². The van der Waals surface area contributed by atoms with Gasteiger partial charge < -0.3 is 4.90 Å². The molecule has 0 aliphatic carbocycles. The van der Waals surface area contributed by atoms with Crippen LogP contribution in [0.25, 0.3) is 0 Å². The van der Waals surface area contributed by atoms with Crippen molar-refractivity contribution in [1.29, 1.82) is 5.26 Å². The second kappa shape index (κ2) is 2.74. The van der Waals surface area contributed by atoms with E-state index < -0.39 is 0 Å². The minimum absolute atomic E-state index is 0.867. The summed E-state index contributed by atoms with van der Waals surface area (Å²) in [5.74, 6) is 0. The molecule has 2 heteroatoms. The van der Waals surface area contributed by atoms with E-state index in [0.29, 0.717) is 0 Å². The number of rotatable bonds is 0. The fourth-order valence-corrected chi connectivity index (χ4v) is 1.32. The Balaban J connectivity index is 2.86. The Bertz CT molecular complexity index is 198. The quantitative estimate of drug-likeness (QED) is 0.504. The van der Waals surface area contributed by atoms with Crippen molar-refractivity contribution in [2.24, 2.45) is 0 Å². The van der Waals surface area contributed by atoms with Crippen molar-refractivity contribution in [3.63, 3.8) is 0 Å². The molecule has 10 heavy (non-hydrogen) atoms. The number of hydrogen-bond acceptors (Lipinski definition) is 2. The molecular formula is C8H12N2. The van der Waals surface area contributed by atoms with E-state index in [1.807, 2.05) is 18.9 Å². The van der Waals surface area contributed by atoms with Crippen LogP contribution in [-0.4, -0.2) is 18.5 Å². The van der Waals surface area contributed by atoms with Crippen molar-refractivity contribution < 1.29 is 0 Å². The molecule has 0 aromatic carbocycles. The summed E-state index contributed by atoms with van der Waals surface area (Å²) in [6.07, 6.45) is 2.28. The monoisotopic (exact) mass is 136 g/mol. The van der Waals surface area contributed by atoms with E-state index in [1.165, 1.54) is 12.0 Å². The average Bonchev–Trinajstić information content (AvgIpc) is 1.88. The largest absolute Gasteiger partial charge is 0.366 e. The predicted octanol–water partition coefficient (Wildman–Crippen LogP) is 1.51. The van der Waals surface area contributed by atoms with Crippen molar-refractivity contribution in [2.75, 3.05) is 13.6 Å². The Morgan fingerprint density at radius 2 is 2.30 bits per heavy atom. The van der Waals surface area contributed by atoms with Gasteiger partial charge in [-0.25, -0.2) is 0 Å². The fourth-order valence-electron chi connectivity index (χ4n) is 1.32. The standard InChI is InChI=1S/C8H12N2/c1-7-4-3-5-10(2)8(7)6-9/h3-5H2,1-2H3. The van der Waals surface area contributed by atoms with E-state index >= 15 is 0 Å². The second-order valence-electron chi connectivity index (χ2n) is 2.77. The SMILES string of the molecule is CC1=C(C#N)N(C)CCC1. The minimum atomic E-state index is 0.867. The molecule has 0 atom stereocenters.